The molecular formula is C20H23N3O3. The average molecular weight is 353 g/mol. The van der Waals surface area contributed by atoms with Crippen LogP contribution >= 0.6 is 0 Å². The Bertz CT molecular complexity index is 759. The number of carbonyl (C=O) groups excluding carboxylic acids is 2. The summed E-state index contributed by atoms with van der Waals surface area (Å²) in [6.07, 6.45) is 11.6. The monoisotopic (exact) mass is 353 g/mol. The lowest BCUT2D eigenvalue weighted by atomic mass is 9.77. The number of hydrogen-bond acceptors (Lipinski definition) is 4. The average Bonchev–Trinajstić information content (AvgIpc) is 3.42. The van der Waals surface area contributed by atoms with Crippen LogP contribution in [0.5, 0.6) is 0 Å². The van der Waals surface area contributed by atoms with Gasteiger partial charge in [0.05, 0.1) is 24.5 Å². The molecule has 3 aliphatic heterocycles. The molecule has 4 atom stereocenters. The molecule has 0 unspecified atom stereocenters. The highest BCUT2D eigenvalue weighted by atomic mass is 16.5. The van der Waals surface area contributed by atoms with Crippen LogP contribution in [0, 0.1) is 11.8 Å². The van der Waals surface area contributed by atoms with E-state index in [2.05, 4.69) is 10.3 Å². The van der Waals surface area contributed by atoms with Crippen LogP contribution in [0.4, 0.5) is 0 Å². The van der Waals surface area contributed by atoms with Crippen molar-refractivity contribution >= 4 is 11.8 Å². The molecule has 3 fully saturated rings. The third-order valence-corrected chi connectivity index (χ3v) is 6.41. The van der Waals surface area contributed by atoms with Gasteiger partial charge < -0.3 is 15.0 Å². The molecule has 5 rings (SSSR count). The van der Waals surface area contributed by atoms with E-state index >= 15 is 0 Å². The van der Waals surface area contributed by atoms with Crippen LogP contribution in [0.2, 0.25) is 0 Å². The zero-order valence-electron chi connectivity index (χ0n) is 14.6. The topological polar surface area (TPSA) is 71.5 Å². The first-order valence-electron chi connectivity index (χ1n) is 9.52. The molecule has 6 nitrogen and oxygen atoms in total. The summed E-state index contributed by atoms with van der Waals surface area (Å²) in [5.41, 5.74) is 0.399. The van der Waals surface area contributed by atoms with E-state index in [9.17, 15) is 9.59 Å². The van der Waals surface area contributed by atoms with Gasteiger partial charge in [0.15, 0.2) is 0 Å². The van der Waals surface area contributed by atoms with Gasteiger partial charge in [0.25, 0.3) is 0 Å². The van der Waals surface area contributed by atoms with Crippen LogP contribution < -0.4 is 5.32 Å². The van der Waals surface area contributed by atoms with E-state index in [0.29, 0.717) is 19.1 Å². The van der Waals surface area contributed by atoms with E-state index in [1.165, 1.54) is 12.8 Å². The first-order chi connectivity index (χ1) is 12.7. The Morgan fingerprint density at radius 3 is 2.85 bits per heavy atom. The van der Waals surface area contributed by atoms with E-state index in [4.69, 9.17) is 4.74 Å². The van der Waals surface area contributed by atoms with Crippen LogP contribution in [-0.2, 0) is 20.9 Å². The molecule has 0 aromatic carbocycles. The van der Waals surface area contributed by atoms with Crippen molar-refractivity contribution in [3.63, 3.8) is 0 Å². The second kappa shape index (κ2) is 5.91. The smallest absolute Gasteiger partial charge is 0.230 e. The zero-order chi connectivity index (χ0) is 17.7. The van der Waals surface area contributed by atoms with Crippen molar-refractivity contribution in [3.05, 3.63) is 42.2 Å². The van der Waals surface area contributed by atoms with Gasteiger partial charge in [-0.25, -0.2) is 0 Å². The molecule has 1 spiro atoms. The third-order valence-electron chi connectivity index (χ3n) is 6.41. The van der Waals surface area contributed by atoms with Crippen molar-refractivity contribution in [3.8, 4) is 0 Å². The molecule has 4 heterocycles. The van der Waals surface area contributed by atoms with Crippen LogP contribution in [0.15, 0.2) is 36.7 Å². The quantitative estimate of drug-likeness (QED) is 0.831. The Labute approximate surface area is 152 Å². The number of likely N-dealkylation sites (tertiary alicyclic amines) is 1. The largest absolute Gasteiger partial charge is 0.360 e. The summed E-state index contributed by atoms with van der Waals surface area (Å²) >= 11 is 0. The molecule has 2 bridgehead atoms. The summed E-state index contributed by atoms with van der Waals surface area (Å²) in [6, 6.07) is 4.07. The molecule has 1 aromatic rings. The predicted octanol–water partition coefficient (Wildman–Crippen LogP) is 1.42. The lowest BCUT2D eigenvalue weighted by Crippen LogP contribution is -2.44. The number of carbonyl (C=O) groups is 2. The fourth-order valence-corrected chi connectivity index (χ4v) is 5.16. The van der Waals surface area contributed by atoms with Gasteiger partial charge in [0, 0.05) is 25.0 Å². The highest BCUT2D eigenvalue weighted by molar-refractivity contribution is 5.93. The molecular weight excluding hydrogens is 330 g/mol. The summed E-state index contributed by atoms with van der Waals surface area (Å²) in [7, 11) is 0. The van der Waals surface area contributed by atoms with Crippen molar-refractivity contribution < 1.29 is 14.3 Å². The van der Waals surface area contributed by atoms with Gasteiger partial charge >= 0.3 is 0 Å². The predicted molar refractivity (Wildman–Crippen MR) is 93.8 cm³/mol. The first kappa shape index (κ1) is 16.0. The van der Waals surface area contributed by atoms with Gasteiger partial charge in [-0.2, -0.15) is 0 Å². The van der Waals surface area contributed by atoms with Gasteiger partial charge in [-0.3, -0.25) is 14.6 Å². The van der Waals surface area contributed by atoms with E-state index in [1.807, 2.05) is 29.2 Å². The Morgan fingerprint density at radius 1 is 1.31 bits per heavy atom. The molecule has 136 valence electrons. The molecule has 4 aliphatic rings. The first-order valence-corrected chi connectivity index (χ1v) is 9.52. The minimum absolute atomic E-state index is 0.0929. The Kier molecular flexibility index (Phi) is 3.64. The number of nitrogens with one attached hydrogen (secondary N) is 1. The third kappa shape index (κ3) is 2.31. The number of aromatic nitrogens is 1. The number of hydrogen-bond donors (Lipinski definition) is 1. The minimum atomic E-state index is -0.594. The van der Waals surface area contributed by atoms with E-state index in [1.54, 1.807) is 12.4 Å². The van der Waals surface area contributed by atoms with Crippen molar-refractivity contribution in [1.82, 2.24) is 15.2 Å². The van der Waals surface area contributed by atoms with Gasteiger partial charge in [-0.15, -0.1) is 0 Å². The molecule has 1 aliphatic carbocycles. The van der Waals surface area contributed by atoms with Gasteiger partial charge in [-0.1, -0.05) is 25.0 Å². The lowest BCUT2D eigenvalue weighted by molar-refractivity contribution is -0.138. The molecule has 0 radical (unpaired) electrons. The second-order valence-electron chi connectivity index (χ2n) is 7.88. The number of nitrogens with zero attached hydrogens (tertiary/aromatic N) is 2. The summed E-state index contributed by atoms with van der Waals surface area (Å²) in [6.45, 7) is 1.04. The lowest BCUT2D eigenvalue weighted by Gasteiger charge is -2.27. The highest BCUT2D eigenvalue weighted by Gasteiger charge is 2.67. The number of fused-ring (bicyclic) bond motifs is 1. The number of pyridine rings is 1. The van der Waals surface area contributed by atoms with Crippen LogP contribution in [0.25, 0.3) is 0 Å². The Hall–Kier alpha value is -2.21. The van der Waals surface area contributed by atoms with E-state index in [0.717, 1.165) is 18.4 Å². The molecule has 2 amide bonds. The molecule has 26 heavy (non-hydrogen) atoms. The molecule has 1 aromatic heterocycles. The maximum Gasteiger partial charge on any atom is 0.230 e. The standard InChI is InChI=1S/C20H23N3O3/c24-18(22-11-13-6-9-21-10-7-13)16-15-5-8-20(26-15)12-23(19(25)17(16)20)14-3-1-2-4-14/h5-10,14-17H,1-4,11-12H2,(H,22,24)/t15-,16-,17-,20+/m1/s1. The fourth-order valence-electron chi connectivity index (χ4n) is 5.16. The van der Waals surface area contributed by atoms with Crippen molar-refractivity contribution in [1.29, 1.82) is 0 Å². The maximum atomic E-state index is 13.2. The van der Waals surface area contributed by atoms with Crippen LogP contribution in [0.3, 0.4) is 0 Å². The number of ether oxygens (including phenoxy) is 1. The molecule has 6 heteroatoms. The van der Waals surface area contributed by atoms with Crippen LogP contribution in [0.1, 0.15) is 31.2 Å². The van der Waals surface area contributed by atoms with Crippen LogP contribution in [-0.4, -0.2) is 46.0 Å². The summed E-state index contributed by atoms with van der Waals surface area (Å²) in [5, 5.41) is 2.99. The zero-order valence-corrected chi connectivity index (χ0v) is 14.6. The fraction of sp³-hybridized carbons (Fsp3) is 0.550. The molecule has 1 N–H and O–H groups in total. The minimum Gasteiger partial charge on any atom is -0.360 e. The Balaban J connectivity index is 1.34. The second-order valence-corrected chi connectivity index (χ2v) is 7.88. The summed E-state index contributed by atoms with van der Waals surface area (Å²) in [4.78, 5) is 32.1. The number of amides is 2. The Morgan fingerprint density at radius 2 is 2.08 bits per heavy atom. The summed E-state index contributed by atoms with van der Waals surface area (Å²) in [5.74, 6) is -0.797. The highest BCUT2D eigenvalue weighted by Crippen LogP contribution is 2.52. The van der Waals surface area contributed by atoms with Crippen molar-refractivity contribution in [2.45, 2.75) is 50.0 Å². The van der Waals surface area contributed by atoms with E-state index < -0.39 is 11.5 Å². The van der Waals surface area contributed by atoms with E-state index in [-0.39, 0.29) is 23.8 Å². The number of rotatable bonds is 4. The van der Waals surface area contributed by atoms with Crippen molar-refractivity contribution in [2.24, 2.45) is 11.8 Å². The molecule has 2 saturated heterocycles. The maximum absolute atomic E-state index is 13.2. The normalized spacial score (nSPS) is 35.3. The van der Waals surface area contributed by atoms with Crippen molar-refractivity contribution in [2.75, 3.05) is 6.54 Å². The van der Waals surface area contributed by atoms with Gasteiger partial charge in [0.2, 0.25) is 11.8 Å². The van der Waals surface area contributed by atoms with Gasteiger partial charge in [0.1, 0.15) is 5.60 Å². The molecule has 1 saturated carbocycles. The summed E-state index contributed by atoms with van der Waals surface area (Å²) < 4.78 is 6.19. The SMILES string of the molecule is O=C(NCc1ccncc1)[C@@H]1[C@H]2C=C[C@@]3(CN(C4CCCC4)C(=O)[C@@H]13)O2. The van der Waals surface area contributed by atoms with Gasteiger partial charge in [-0.05, 0) is 30.5 Å².